The van der Waals surface area contributed by atoms with E-state index in [0.29, 0.717) is 17.2 Å². The number of halogens is 1. The van der Waals surface area contributed by atoms with Crippen LogP contribution in [0.25, 0.3) is 0 Å². The van der Waals surface area contributed by atoms with Crippen LogP contribution in [-0.4, -0.2) is 21.8 Å². The number of thiazole rings is 1. The summed E-state index contributed by atoms with van der Waals surface area (Å²) in [7, 11) is 0. The van der Waals surface area contributed by atoms with E-state index in [1.807, 2.05) is 18.7 Å². The summed E-state index contributed by atoms with van der Waals surface area (Å²) in [6.07, 6.45) is 3.27. The van der Waals surface area contributed by atoms with Crippen LogP contribution in [-0.2, 0) is 12.8 Å². The summed E-state index contributed by atoms with van der Waals surface area (Å²) >= 11 is 1.49. The molecule has 1 aromatic heterocycles. The Hall–Kier alpha value is -1.75. The van der Waals surface area contributed by atoms with Crippen molar-refractivity contribution in [2.24, 2.45) is 5.92 Å². The van der Waals surface area contributed by atoms with Crippen LogP contribution < -0.4 is 0 Å². The van der Waals surface area contributed by atoms with Gasteiger partial charge in [0.1, 0.15) is 10.7 Å². The standard InChI is InChI=1S/C19H23FN2OS/c1-11(2)7-18-21-10-17(24-18)19(23)22-12(3)8-14-9-15(20)5-6-16(14)13(22)4/h5-6,9-13H,7-8H2,1-4H3. The molecule has 1 aromatic carbocycles. The third-order valence-corrected chi connectivity index (χ3v) is 5.55. The molecule has 0 radical (unpaired) electrons. The predicted octanol–water partition coefficient (Wildman–Crippen LogP) is 4.63. The molecule has 24 heavy (non-hydrogen) atoms. The van der Waals surface area contributed by atoms with Crippen LogP contribution >= 0.6 is 11.3 Å². The van der Waals surface area contributed by atoms with E-state index < -0.39 is 0 Å². The molecule has 2 atom stereocenters. The lowest BCUT2D eigenvalue weighted by Gasteiger charge is -2.40. The van der Waals surface area contributed by atoms with E-state index in [1.54, 1.807) is 18.3 Å². The normalized spacial score (nSPS) is 20.3. The number of fused-ring (bicyclic) bond motifs is 1. The lowest BCUT2D eigenvalue weighted by Crippen LogP contribution is -2.44. The molecular formula is C19H23FN2OS. The van der Waals surface area contributed by atoms with Crippen molar-refractivity contribution in [3.63, 3.8) is 0 Å². The Balaban J connectivity index is 1.87. The van der Waals surface area contributed by atoms with Gasteiger partial charge < -0.3 is 4.90 Å². The van der Waals surface area contributed by atoms with Crippen molar-refractivity contribution < 1.29 is 9.18 Å². The third kappa shape index (κ3) is 3.22. The number of rotatable bonds is 3. The number of hydrogen-bond donors (Lipinski definition) is 0. The molecule has 0 saturated carbocycles. The Kier molecular flexibility index (Phi) is 4.72. The van der Waals surface area contributed by atoms with Crippen LogP contribution in [0.15, 0.2) is 24.4 Å². The molecular weight excluding hydrogens is 323 g/mol. The van der Waals surface area contributed by atoms with Gasteiger partial charge in [-0.15, -0.1) is 11.3 Å². The zero-order valence-corrected chi connectivity index (χ0v) is 15.4. The number of aromatic nitrogens is 1. The zero-order chi connectivity index (χ0) is 17.4. The molecule has 0 bridgehead atoms. The monoisotopic (exact) mass is 346 g/mol. The van der Waals surface area contributed by atoms with Gasteiger partial charge in [-0.25, -0.2) is 9.37 Å². The maximum Gasteiger partial charge on any atom is 0.266 e. The Labute approximate surface area is 146 Å². The van der Waals surface area contributed by atoms with Crippen molar-refractivity contribution >= 4 is 17.2 Å². The molecule has 3 nitrogen and oxygen atoms in total. The Morgan fingerprint density at radius 2 is 2.17 bits per heavy atom. The van der Waals surface area contributed by atoms with Gasteiger partial charge in [0.05, 0.1) is 17.2 Å². The summed E-state index contributed by atoms with van der Waals surface area (Å²) in [6, 6.07) is 4.85. The minimum absolute atomic E-state index is 0.0254. The number of carbonyl (C=O) groups is 1. The maximum absolute atomic E-state index is 13.5. The first-order valence-corrected chi connectivity index (χ1v) is 9.24. The summed E-state index contributed by atoms with van der Waals surface area (Å²) in [5.74, 6) is 0.333. The quantitative estimate of drug-likeness (QED) is 0.812. The summed E-state index contributed by atoms with van der Waals surface area (Å²) < 4.78 is 13.5. The first-order valence-electron chi connectivity index (χ1n) is 8.42. The van der Waals surface area contributed by atoms with Crippen molar-refractivity contribution in [3.05, 3.63) is 51.2 Å². The van der Waals surface area contributed by atoms with Crippen LogP contribution in [0.2, 0.25) is 0 Å². The number of amides is 1. The second kappa shape index (κ2) is 6.63. The van der Waals surface area contributed by atoms with E-state index in [4.69, 9.17) is 0 Å². The van der Waals surface area contributed by atoms with Gasteiger partial charge in [-0.05, 0) is 49.4 Å². The molecule has 3 rings (SSSR count). The van der Waals surface area contributed by atoms with E-state index in [-0.39, 0.29) is 23.8 Å². The highest BCUT2D eigenvalue weighted by atomic mass is 32.1. The lowest BCUT2D eigenvalue weighted by atomic mass is 9.89. The van der Waals surface area contributed by atoms with Crippen LogP contribution in [0.1, 0.15) is 59.5 Å². The Bertz CT molecular complexity index is 756. The average molecular weight is 346 g/mol. The molecule has 128 valence electrons. The van der Waals surface area contributed by atoms with Crippen LogP contribution in [0.4, 0.5) is 4.39 Å². The fraction of sp³-hybridized carbons (Fsp3) is 0.474. The van der Waals surface area contributed by atoms with Gasteiger partial charge in [-0.1, -0.05) is 19.9 Å². The summed E-state index contributed by atoms with van der Waals surface area (Å²) in [5.41, 5.74) is 2.04. The van der Waals surface area contributed by atoms with Crippen molar-refractivity contribution in [2.45, 2.75) is 52.6 Å². The molecule has 2 heterocycles. The smallest absolute Gasteiger partial charge is 0.266 e. The SMILES string of the molecule is CC(C)Cc1ncc(C(=O)N2C(C)Cc3cc(F)ccc3C2C)s1. The molecule has 0 aliphatic carbocycles. The minimum atomic E-state index is -0.214. The summed E-state index contributed by atoms with van der Waals surface area (Å²) in [6.45, 7) is 8.33. The predicted molar refractivity (Wildman–Crippen MR) is 94.8 cm³/mol. The number of benzene rings is 1. The lowest BCUT2D eigenvalue weighted by molar-refractivity contribution is 0.0585. The van der Waals surface area contributed by atoms with Gasteiger partial charge in [0, 0.05) is 12.5 Å². The van der Waals surface area contributed by atoms with Crippen molar-refractivity contribution in [1.82, 2.24) is 9.88 Å². The van der Waals surface area contributed by atoms with Crippen molar-refractivity contribution in [2.75, 3.05) is 0 Å². The van der Waals surface area contributed by atoms with Gasteiger partial charge in [0.25, 0.3) is 5.91 Å². The first-order chi connectivity index (χ1) is 11.4. The summed E-state index contributed by atoms with van der Waals surface area (Å²) in [5, 5.41) is 1.01. The molecule has 0 spiro atoms. The highest BCUT2D eigenvalue weighted by Gasteiger charge is 2.34. The van der Waals surface area contributed by atoms with Crippen LogP contribution in [0, 0.1) is 11.7 Å². The Morgan fingerprint density at radius 1 is 1.42 bits per heavy atom. The second-order valence-corrected chi connectivity index (χ2v) is 8.12. The highest BCUT2D eigenvalue weighted by molar-refractivity contribution is 7.13. The minimum Gasteiger partial charge on any atom is -0.328 e. The molecule has 0 N–H and O–H groups in total. The van der Waals surface area contributed by atoms with E-state index in [0.717, 1.165) is 22.6 Å². The molecule has 1 aliphatic rings. The van der Waals surface area contributed by atoms with Gasteiger partial charge in [0.2, 0.25) is 0 Å². The van der Waals surface area contributed by atoms with E-state index in [1.165, 1.54) is 17.4 Å². The number of hydrogen-bond acceptors (Lipinski definition) is 3. The largest absolute Gasteiger partial charge is 0.328 e. The molecule has 5 heteroatoms. The molecule has 0 fully saturated rings. The molecule has 1 amide bonds. The summed E-state index contributed by atoms with van der Waals surface area (Å²) in [4.78, 5) is 20.0. The highest BCUT2D eigenvalue weighted by Crippen LogP contribution is 2.35. The average Bonchev–Trinajstić information content (AvgIpc) is 2.94. The molecule has 1 aliphatic heterocycles. The topological polar surface area (TPSA) is 33.2 Å². The molecule has 2 aromatic rings. The van der Waals surface area contributed by atoms with E-state index in [9.17, 15) is 9.18 Å². The fourth-order valence-corrected chi connectivity index (χ4v) is 4.54. The van der Waals surface area contributed by atoms with E-state index >= 15 is 0 Å². The third-order valence-electron chi connectivity index (χ3n) is 4.54. The maximum atomic E-state index is 13.5. The van der Waals surface area contributed by atoms with Crippen molar-refractivity contribution in [3.8, 4) is 0 Å². The molecule has 0 saturated heterocycles. The van der Waals surface area contributed by atoms with Gasteiger partial charge in [-0.3, -0.25) is 4.79 Å². The van der Waals surface area contributed by atoms with Crippen molar-refractivity contribution in [1.29, 1.82) is 0 Å². The van der Waals surface area contributed by atoms with E-state index in [2.05, 4.69) is 18.8 Å². The zero-order valence-electron chi connectivity index (χ0n) is 14.5. The first kappa shape index (κ1) is 17.1. The van der Waals surface area contributed by atoms with Crippen LogP contribution in [0.5, 0.6) is 0 Å². The van der Waals surface area contributed by atoms with Gasteiger partial charge in [0.15, 0.2) is 0 Å². The second-order valence-electron chi connectivity index (χ2n) is 7.00. The van der Waals surface area contributed by atoms with Gasteiger partial charge >= 0.3 is 0 Å². The fourth-order valence-electron chi connectivity index (χ4n) is 3.46. The Morgan fingerprint density at radius 3 is 2.88 bits per heavy atom. The number of carbonyl (C=O) groups excluding carboxylic acids is 1. The molecule has 2 unspecified atom stereocenters. The van der Waals surface area contributed by atoms with Crippen LogP contribution in [0.3, 0.4) is 0 Å². The number of nitrogens with zero attached hydrogens (tertiary/aromatic N) is 2. The van der Waals surface area contributed by atoms with Gasteiger partial charge in [-0.2, -0.15) is 0 Å².